The van der Waals surface area contributed by atoms with Crippen LogP contribution in [0.1, 0.15) is 39.2 Å². The van der Waals surface area contributed by atoms with Crippen molar-refractivity contribution in [2.45, 2.75) is 52.7 Å². The lowest BCUT2D eigenvalue weighted by Gasteiger charge is -2.53. The van der Waals surface area contributed by atoms with Gasteiger partial charge in [-0.05, 0) is 31.5 Å². The van der Waals surface area contributed by atoms with Crippen molar-refractivity contribution in [1.82, 2.24) is 5.32 Å². The summed E-state index contributed by atoms with van der Waals surface area (Å²) >= 11 is 0. The van der Waals surface area contributed by atoms with Crippen LogP contribution < -0.4 is 10.1 Å². The summed E-state index contributed by atoms with van der Waals surface area (Å²) in [7, 11) is 0. The average Bonchev–Trinajstić information content (AvgIpc) is 2.45. The predicted octanol–water partition coefficient (Wildman–Crippen LogP) is 3.45. The summed E-state index contributed by atoms with van der Waals surface area (Å²) in [4.78, 5) is 10.8. The van der Waals surface area contributed by atoms with Crippen LogP contribution in [0.3, 0.4) is 0 Å². The molecule has 1 aliphatic rings. The molecule has 0 aromatic heterocycles. The van der Waals surface area contributed by atoms with Crippen molar-refractivity contribution in [2.75, 3.05) is 6.54 Å². The van der Waals surface area contributed by atoms with Gasteiger partial charge < -0.3 is 10.1 Å². The van der Waals surface area contributed by atoms with Crippen LogP contribution in [0.4, 0.5) is 5.69 Å². The first-order valence-corrected chi connectivity index (χ1v) is 7.57. The first-order chi connectivity index (χ1) is 9.92. The number of nitrogens with zero attached hydrogens (tertiary/aromatic N) is 1. The number of ether oxygens (including phenoxy) is 1. The van der Waals surface area contributed by atoms with Crippen molar-refractivity contribution < 1.29 is 9.66 Å². The van der Waals surface area contributed by atoms with Crippen molar-refractivity contribution in [3.05, 3.63) is 33.9 Å². The Balaban J connectivity index is 2.19. The molecule has 5 nitrogen and oxygen atoms in total. The van der Waals surface area contributed by atoms with Gasteiger partial charge in [0.1, 0.15) is 6.10 Å². The first-order valence-electron chi connectivity index (χ1n) is 7.57. The van der Waals surface area contributed by atoms with Crippen molar-refractivity contribution in [3.63, 3.8) is 0 Å². The van der Waals surface area contributed by atoms with Gasteiger partial charge in [-0.2, -0.15) is 0 Å². The summed E-state index contributed by atoms with van der Waals surface area (Å²) in [5.74, 6) is 0.389. The second-order valence-electron chi connectivity index (χ2n) is 6.04. The summed E-state index contributed by atoms with van der Waals surface area (Å²) < 4.78 is 6.03. The number of nitro groups is 1. The van der Waals surface area contributed by atoms with Gasteiger partial charge in [-0.25, -0.2) is 0 Å². The smallest absolute Gasteiger partial charge is 0.310 e. The standard InChI is InChI=1S/C16H24N2O3/c1-5-16(4)14(17-6-2)10-15(16)21-13-9-11(3)7-8-12(13)18(19)20/h7-9,14-15,17H,5-6,10H2,1-4H3. The number of aryl methyl sites for hydroxylation is 1. The van der Waals surface area contributed by atoms with Gasteiger partial charge in [0.25, 0.3) is 0 Å². The zero-order valence-electron chi connectivity index (χ0n) is 13.2. The topological polar surface area (TPSA) is 64.4 Å². The molecule has 5 heteroatoms. The van der Waals surface area contributed by atoms with Crippen LogP contribution in [0.15, 0.2) is 18.2 Å². The fourth-order valence-electron chi connectivity index (χ4n) is 3.06. The molecule has 116 valence electrons. The third-order valence-electron chi connectivity index (χ3n) is 4.77. The van der Waals surface area contributed by atoms with Crippen molar-refractivity contribution in [1.29, 1.82) is 0 Å². The molecule has 2 rings (SSSR count). The van der Waals surface area contributed by atoms with Crippen LogP contribution in [0, 0.1) is 22.5 Å². The first kappa shape index (κ1) is 15.8. The highest BCUT2D eigenvalue weighted by atomic mass is 16.6. The minimum atomic E-state index is -0.376. The molecule has 0 spiro atoms. The van der Waals surface area contributed by atoms with Gasteiger partial charge in [-0.1, -0.05) is 26.8 Å². The molecular weight excluding hydrogens is 268 g/mol. The minimum Gasteiger partial charge on any atom is -0.483 e. The Labute approximate surface area is 125 Å². The predicted molar refractivity (Wildman–Crippen MR) is 82.7 cm³/mol. The normalized spacial score (nSPS) is 28.0. The Morgan fingerprint density at radius 2 is 2.19 bits per heavy atom. The number of nitro benzene ring substituents is 1. The number of hydrogen-bond donors (Lipinski definition) is 1. The van der Waals surface area contributed by atoms with E-state index in [1.807, 2.05) is 6.92 Å². The second-order valence-corrected chi connectivity index (χ2v) is 6.04. The zero-order chi connectivity index (χ0) is 15.6. The SMILES string of the molecule is CCNC1CC(Oc2cc(C)ccc2[N+](=O)[O-])C1(C)CC. The highest BCUT2D eigenvalue weighted by molar-refractivity contribution is 5.48. The molecule has 3 unspecified atom stereocenters. The third-order valence-corrected chi connectivity index (χ3v) is 4.77. The van der Waals surface area contributed by atoms with Gasteiger partial charge in [0.2, 0.25) is 0 Å². The zero-order valence-corrected chi connectivity index (χ0v) is 13.2. The van der Waals surface area contributed by atoms with Crippen LogP contribution in [0.2, 0.25) is 0 Å². The lowest BCUT2D eigenvalue weighted by atomic mass is 9.61. The van der Waals surface area contributed by atoms with E-state index < -0.39 is 0 Å². The van der Waals surface area contributed by atoms with Crippen LogP contribution in [-0.4, -0.2) is 23.6 Å². The third kappa shape index (κ3) is 2.88. The van der Waals surface area contributed by atoms with Crippen molar-refractivity contribution in [3.8, 4) is 5.75 Å². The molecule has 0 heterocycles. The number of rotatable bonds is 6. The van der Waals surface area contributed by atoms with Crippen molar-refractivity contribution in [2.24, 2.45) is 5.41 Å². The molecule has 0 saturated heterocycles. The fourth-order valence-corrected chi connectivity index (χ4v) is 3.06. The Kier molecular flexibility index (Phi) is 4.52. The molecule has 1 aromatic rings. The van der Waals surface area contributed by atoms with E-state index in [1.54, 1.807) is 12.1 Å². The molecule has 0 bridgehead atoms. The monoisotopic (exact) mass is 292 g/mol. The van der Waals surface area contributed by atoms with Crippen molar-refractivity contribution >= 4 is 5.69 Å². The molecule has 1 aromatic carbocycles. The van der Waals surface area contributed by atoms with E-state index in [2.05, 4.69) is 26.1 Å². The van der Waals surface area contributed by atoms with Crippen LogP contribution >= 0.6 is 0 Å². The summed E-state index contributed by atoms with van der Waals surface area (Å²) in [6.45, 7) is 9.27. The summed E-state index contributed by atoms with van der Waals surface area (Å²) in [5, 5.41) is 14.6. The summed E-state index contributed by atoms with van der Waals surface area (Å²) in [6, 6.07) is 5.44. The van der Waals surface area contributed by atoms with E-state index in [4.69, 9.17) is 4.74 Å². The van der Waals surface area contributed by atoms with E-state index in [1.165, 1.54) is 6.07 Å². The van der Waals surface area contributed by atoms with Gasteiger partial charge in [0.15, 0.2) is 5.75 Å². The van der Waals surface area contributed by atoms with Gasteiger partial charge in [-0.3, -0.25) is 10.1 Å². The highest BCUT2D eigenvalue weighted by Crippen LogP contribution is 2.47. The Morgan fingerprint density at radius 3 is 2.76 bits per heavy atom. The number of hydrogen-bond acceptors (Lipinski definition) is 4. The van der Waals surface area contributed by atoms with Gasteiger partial charge >= 0.3 is 5.69 Å². The van der Waals surface area contributed by atoms with E-state index in [0.717, 1.165) is 24.9 Å². The quantitative estimate of drug-likeness (QED) is 0.644. The molecule has 1 fully saturated rings. The van der Waals surface area contributed by atoms with Gasteiger partial charge in [0.05, 0.1) is 4.92 Å². The van der Waals surface area contributed by atoms with E-state index in [9.17, 15) is 10.1 Å². The molecule has 1 N–H and O–H groups in total. The number of nitrogens with one attached hydrogen (secondary N) is 1. The summed E-state index contributed by atoms with van der Waals surface area (Å²) in [5.41, 5.74) is 1.04. The minimum absolute atomic E-state index is 0.0204. The second kappa shape index (κ2) is 6.02. The molecule has 3 atom stereocenters. The molecule has 1 saturated carbocycles. The molecular formula is C16H24N2O3. The van der Waals surface area contributed by atoms with Crippen LogP contribution in [0.5, 0.6) is 5.75 Å². The fraction of sp³-hybridized carbons (Fsp3) is 0.625. The number of benzene rings is 1. The van der Waals surface area contributed by atoms with Crippen LogP contribution in [-0.2, 0) is 0 Å². The Hall–Kier alpha value is -1.62. The summed E-state index contributed by atoms with van der Waals surface area (Å²) in [6.07, 6.45) is 1.89. The lowest BCUT2D eigenvalue weighted by Crippen LogP contribution is -2.63. The molecule has 0 radical (unpaired) electrons. The Morgan fingerprint density at radius 1 is 1.48 bits per heavy atom. The molecule has 21 heavy (non-hydrogen) atoms. The van der Waals surface area contributed by atoms with Gasteiger partial charge in [-0.15, -0.1) is 0 Å². The Bertz CT molecular complexity index is 532. The molecule has 0 aliphatic heterocycles. The molecule has 0 amide bonds. The highest BCUT2D eigenvalue weighted by Gasteiger charge is 2.52. The van der Waals surface area contributed by atoms with Gasteiger partial charge in [0, 0.05) is 23.9 Å². The molecule has 1 aliphatic carbocycles. The van der Waals surface area contributed by atoms with Crippen LogP contribution in [0.25, 0.3) is 0 Å². The maximum atomic E-state index is 11.1. The lowest BCUT2D eigenvalue weighted by molar-refractivity contribution is -0.386. The van der Waals surface area contributed by atoms with E-state index >= 15 is 0 Å². The maximum Gasteiger partial charge on any atom is 0.310 e. The maximum absolute atomic E-state index is 11.1. The average molecular weight is 292 g/mol. The van der Waals surface area contributed by atoms with E-state index in [0.29, 0.717) is 11.8 Å². The van der Waals surface area contributed by atoms with E-state index in [-0.39, 0.29) is 22.1 Å². The largest absolute Gasteiger partial charge is 0.483 e.